The molecule has 4 nitrogen and oxygen atoms in total. The average Bonchev–Trinajstić information content (AvgIpc) is 2.86. The lowest BCUT2D eigenvalue weighted by atomic mass is 10.1. The molecule has 0 fully saturated rings. The smallest absolute Gasteiger partial charge is 0.220 e. The molecule has 0 aliphatic heterocycles. The topological polar surface area (TPSA) is 51.0 Å². The standard InChI is InChI=1S/C15H20FN3O/c1-2-8-17-9-4-7-14-18-19-15(20-14)11-12-5-3-6-13(16)10-12/h3,5-6,10,17H,2,4,7-9,11H2,1H3. The van der Waals surface area contributed by atoms with Crippen molar-refractivity contribution in [1.82, 2.24) is 15.5 Å². The van der Waals surface area contributed by atoms with Crippen LogP contribution in [0.4, 0.5) is 4.39 Å². The van der Waals surface area contributed by atoms with Crippen LogP contribution in [-0.2, 0) is 12.8 Å². The van der Waals surface area contributed by atoms with Crippen molar-refractivity contribution in [1.29, 1.82) is 0 Å². The molecule has 0 atom stereocenters. The van der Waals surface area contributed by atoms with Crippen LogP contribution >= 0.6 is 0 Å². The SMILES string of the molecule is CCCNCCCc1nnc(Cc2cccc(F)c2)o1. The third kappa shape index (κ3) is 4.74. The van der Waals surface area contributed by atoms with Crippen molar-refractivity contribution in [3.63, 3.8) is 0 Å². The zero-order valence-corrected chi connectivity index (χ0v) is 11.7. The van der Waals surface area contributed by atoms with Crippen LogP contribution in [-0.4, -0.2) is 23.3 Å². The summed E-state index contributed by atoms with van der Waals surface area (Å²) in [4.78, 5) is 0. The summed E-state index contributed by atoms with van der Waals surface area (Å²) in [5, 5.41) is 11.3. The van der Waals surface area contributed by atoms with Crippen LogP contribution in [0.3, 0.4) is 0 Å². The minimum atomic E-state index is -0.246. The van der Waals surface area contributed by atoms with Gasteiger partial charge in [-0.2, -0.15) is 0 Å². The zero-order chi connectivity index (χ0) is 14.2. The molecule has 1 heterocycles. The van der Waals surface area contributed by atoms with Gasteiger partial charge in [-0.05, 0) is 43.6 Å². The monoisotopic (exact) mass is 277 g/mol. The normalized spacial score (nSPS) is 10.9. The predicted octanol–water partition coefficient (Wildman–Crippen LogP) is 2.73. The van der Waals surface area contributed by atoms with Gasteiger partial charge in [0.25, 0.3) is 0 Å². The van der Waals surface area contributed by atoms with Crippen molar-refractivity contribution in [3.8, 4) is 0 Å². The van der Waals surface area contributed by atoms with Crippen LogP contribution in [0.2, 0.25) is 0 Å². The molecular formula is C15H20FN3O. The van der Waals surface area contributed by atoms with Gasteiger partial charge >= 0.3 is 0 Å². The summed E-state index contributed by atoms with van der Waals surface area (Å²) >= 11 is 0. The van der Waals surface area contributed by atoms with Crippen LogP contribution in [0.15, 0.2) is 28.7 Å². The summed E-state index contributed by atoms with van der Waals surface area (Å²) < 4.78 is 18.6. The molecule has 5 heteroatoms. The Kier molecular flexibility index (Phi) is 5.68. The third-order valence-electron chi connectivity index (χ3n) is 2.92. The molecule has 0 radical (unpaired) electrons. The van der Waals surface area contributed by atoms with Gasteiger partial charge < -0.3 is 9.73 Å². The van der Waals surface area contributed by atoms with Gasteiger partial charge in [0.2, 0.25) is 11.8 Å². The van der Waals surface area contributed by atoms with Gasteiger partial charge in [0.15, 0.2) is 0 Å². The zero-order valence-electron chi connectivity index (χ0n) is 11.7. The first-order chi connectivity index (χ1) is 9.78. The second-order valence-corrected chi connectivity index (χ2v) is 4.75. The molecule has 0 aliphatic carbocycles. The highest BCUT2D eigenvalue weighted by molar-refractivity contribution is 5.19. The van der Waals surface area contributed by atoms with Crippen molar-refractivity contribution in [3.05, 3.63) is 47.4 Å². The Labute approximate surface area is 118 Å². The number of benzene rings is 1. The number of hydrogen-bond acceptors (Lipinski definition) is 4. The van der Waals surface area contributed by atoms with E-state index in [1.54, 1.807) is 6.07 Å². The number of nitrogens with one attached hydrogen (secondary N) is 1. The predicted molar refractivity (Wildman–Crippen MR) is 75.0 cm³/mol. The first-order valence-corrected chi connectivity index (χ1v) is 7.04. The van der Waals surface area contributed by atoms with E-state index in [9.17, 15) is 4.39 Å². The Morgan fingerprint density at radius 3 is 2.85 bits per heavy atom. The van der Waals surface area contributed by atoms with Crippen LogP contribution in [0.1, 0.15) is 37.1 Å². The highest BCUT2D eigenvalue weighted by atomic mass is 19.1. The molecule has 0 aliphatic rings. The van der Waals surface area contributed by atoms with Crippen molar-refractivity contribution >= 4 is 0 Å². The van der Waals surface area contributed by atoms with Gasteiger partial charge in [0.05, 0.1) is 6.42 Å². The van der Waals surface area contributed by atoms with Crippen LogP contribution in [0.5, 0.6) is 0 Å². The molecule has 1 aromatic heterocycles. The molecule has 2 aromatic rings. The average molecular weight is 277 g/mol. The highest BCUT2D eigenvalue weighted by Gasteiger charge is 2.07. The lowest BCUT2D eigenvalue weighted by molar-refractivity contribution is 0.449. The Bertz CT molecular complexity index is 527. The lowest BCUT2D eigenvalue weighted by Gasteiger charge is -2.00. The molecular weight excluding hydrogens is 257 g/mol. The molecule has 0 saturated carbocycles. The van der Waals surface area contributed by atoms with Crippen molar-refractivity contribution < 1.29 is 8.81 Å². The Morgan fingerprint density at radius 1 is 1.20 bits per heavy atom. The minimum Gasteiger partial charge on any atom is -0.425 e. The van der Waals surface area contributed by atoms with Crippen molar-refractivity contribution in [2.75, 3.05) is 13.1 Å². The first-order valence-electron chi connectivity index (χ1n) is 7.04. The van der Waals surface area contributed by atoms with Gasteiger partial charge in [0.1, 0.15) is 5.82 Å². The minimum absolute atomic E-state index is 0.246. The Balaban J connectivity index is 1.80. The number of rotatable bonds is 8. The Morgan fingerprint density at radius 2 is 2.05 bits per heavy atom. The van der Waals surface area contributed by atoms with Gasteiger partial charge in [-0.3, -0.25) is 0 Å². The first kappa shape index (κ1) is 14.7. The maximum Gasteiger partial charge on any atom is 0.220 e. The fourth-order valence-electron chi connectivity index (χ4n) is 1.95. The van der Waals surface area contributed by atoms with Crippen molar-refractivity contribution in [2.24, 2.45) is 0 Å². The van der Waals surface area contributed by atoms with Crippen molar-refractivity contribution in [2.45, 2.75) is 32.6 Å². The summed E-state index contributed by atoms with van der Waals surface area (Å²) in [6.07, 6.45) is 3.35. The second-order valence-electron chi connectivity index (χ2n) is 4.75. The van der Waals surface area contributed by atoms with E-state index < -0.39 is 0 Å². The summed E-state index contributed by atoms with van der Waals surface area (Å²) in [7, 11) is 0. The molecule has 0 unspecified atom stereocenters. The van der Waals surface area contributed by atoms with Gasteiger partial charge in [-0.1, -0.05) is 19.1 Å². The summed E-state index contributed by atoms with van der Waals surface area (Å²) in [5.41, 5.74) is 0.838. The van der Waals surface area contributed by atoms with Gasteiger partial charge in [0, 0.05) is 6.42 Å². The molecule has 1 aromatic carbocycles. The number of aryl methyl sites for hydroxylation is 1. The van der Waals surface area contributed by atoms with E-state index in [1.165, 1.54) is 12.1 Å². The second kappa shape index (κ2) is 7.75. The number of aromatic nitrogens is 2. The van der Waals surface area contributed by atoms with Crippen LogP contribution in [0.25, 0.3) is 0 Å². The Hall–Kier alpha value is -1.75. The maximum atomic E-state index is 13.1. The van der Waals surface area contributed by atoms with Gasteiger partial charge in [-0.25, -0.2) is 4.39 Å². The molecule has 108 valence electrons. The van der Waals surface area contributed by atoms with Crippen LogP contribution < -0.4 is 5.32 Å². The fraction of sp³-hybridized carbons (Fsp3) is 0.467. The third-order valence-corrected chi connectivity index (χ3v) is 2.92. The summed E-state index contributed by atoms with van der Waals surface area (Å²) in [6, 6.07) is 6.44. The molecule has 0 amide bonds. The highest BCUT2D eigenvalue weighted by Crippen LogP contribution is 2.10. The molecule has 0 bridgehead atoms. The molecule has 1 N–H and O–H groups in total. The molecule has 20 heavy (non-hydrogen) atoms. The van der Waals surface area contributed by atoms with Gasteiger partial charge in [-0.15, -0.1) is 10.2 Å². The molecule has 0 spiro atoms. The quantitative estimate of drug-likeness (QED) is 0.754. The van der Waals surface area contributed by atoms with Crippen LogP contribution in [0, 0.1) is 5.82 Å². The summed E-state index contributed by atoms with van der Waals surface area (Å²) in [5.74, 6) is 0.936. The number of nitrogens with zero attached hydrogens (tertiary/aromatic N) is 2. The number of hydrogen-bond donors (Lipinski definition) is 1. The summed E-state index contributed by atoms with van der Waals surface area (Å²) in [6.45, 7) is 4.13. The lowest BCUT2D eigenvalue weighted by Crippen LogP contribution is -2.16. The van der Waals surface area contributed by atoms with E-state index in [0.29, 0.717) is 18.2 Å². The maximum absolute atomic E-state index is 13.1. The van der Waals surface area contributed by atoms with E-state index in [1.807, 2.05) is 6.07 Å². The van der Waals surface area contributed by atoms with E-state index in [4.69, 9.17) is 4.42 Å². The molecule has 0 saturated heterocycles. The fourth-order valence-corrected chi connectivity index (χ4v) is 1.95. The van der Waals surface area contributed by atoms with E-state index in [2.05, 4.69) is 22.4 Å². The number of halogens is 1. The largest absolute Gasteiger partial charge is 0.425 e. The molecule has 2 rings (SSSR count). The van der Waals surface area contributed by atoms with E-state index >= 15 is 0 Å². The van der Waals surface area contributed by atoms with E-state index in [0.717, 1.165) is 37.9 Å². The van der Waals surface area contributed by atoms with E-state index in [-0.39, 0.29) is 5.82 Å².